The Labute approximate surface area is 606 Å². The molecule has 0 spiro atoms. The topological polar surface area (TPSA) is 216 Å². The summed E-state index contributed by atoms with van der Waals surface area (Å²) in [6, 6.07) is 65.7. The third-order valence-electron chi connectivity index (χ3n) is 17.6. The third kappa shape index (κ3) is 12.3. The van der Waals surface area contributed by atoms with E-state index in [-0.39, 0.29) is 56.6 Å². The quantitative estimate of drug-likeness (QED) is 0.0428. The van der Waals surface area contributed by atoms with Crippen LogP contribution in [0.15, 0.2) is 273 Å². The van der Waals surface area contributed by atoms with Gasteiger partial charge in [0.05, 0.1) is 52.3 Å². The number of halogens is 8. The molecule has 17 nitrogen and oxygen atoms in total. The van der Waals surface area contributed by atoms with Gasteiger partial charge in [0.15, 0.2) is 52.4 Å². The van der Waals surface area contributed by atoms with Gasteiger partial charge in [0.25, 0.3) is 0 Å². The van der Waals surface area contributed by atoms with E-state index in [0.29, 0.717) is 0 Å². The number of aliphatic imine (C=N–C) groups is 4. The zero-order chi connectivity index (χ0) is 72.7. The molecular weight excluding hydrogens is 1400 g/mol. The first-order valence-corrected chi connectivity index (χ1v) is 33.3. The van der Waals surface area contributed by atoms with Gasteiger partial charge in [-0.2, -0.15) is 0 Å². The second-order valence-corrected chi connectivity index (χ2v) is 24.2. The van der Waals surface area contributed by atoms with E-state index in [1.807, 2.05) is 0 Å². The summed E-state index contributed by atoms with van der Waals surface area (Å²) < 4.78 is 157. The summed E-state index contributed by atoms with van der Waals surface area (Å²) in [5, 5.41) is 27.9. The number of benzene rings is 12. The summed E-state index contributed by atoms with van der Waals surface area (Å²) in [6.07, 6.45) is -3.84. The molecule has 0 saturated carbocycles. The number of hydrogen-bond donors (Lipinski definition) is 8. The Kier molecular flexibility index (Phi) is 17.9. The number of amidine groups is 4. The zero-order valence-electron chi connectivity index (χ0n) is 54.7. The molecule has 5 heterocycles. The number of fused-ring (bicyclic) bond motifs is 18. The van der Waals surface area contributed by atoms with Crippen LogP contribution in [-0.4, -0.2) is 23.3 Å². The second kappa shape index (κ2) is 28.4. The standard InChI is InChI=1S/C80H50F8N16.O.V/c81-57-49-53(65(89-41-25-9-1-10-26-41)61(85)69(57)93-45-33-17-5-18-34-45)77-97-73(49)102-78-55-51(59(83)71(95-47-37-21-7-22-38-47)63(87)67(55)91-43-29-13-3-14-30-43)75(99-78)104-80-56-52(60(84)72(96-48-39-23-8-24-40-48)64(88)68(56)92-44-31-15-4-16-32-44)76(100-80)103-79-54-50(74(98-79)101-77)58(82)70(94-46-35-19-6-20-36-46)62(86)66(54)90-42-27-11-2-12-28-42;;/h1-40,77-78,89-96H;;/q-2;;+2. The number of hydrogen-bond acceptors (Lipinski definition) is 15. The Hall–Kier alpha value is -13.5. The van der Waals surface area contributed by atoms with Crippen molar-refractivity contribution in [1.29, 1.82) is 0 Å². The van der Waals surface area contributed by atoms with E-state index in [2.05, 4.69) is 42.5 Å². The maximum atomic E-state index is 18.8. The van der Waals surface area contributed by atoms with Crippen LogP contribution < -0.4 is 58.5 Å². The molecule has 13 aromatic rings. The normalized spacial score (nSPS) is 15.2. The number of rotatable bonds is 16. The average Bonchev–Trinajstić information content (AvgIpc) is 1.55. The summed E-state index contributed by atoms with van der Waals surface area (Å²) in [5.41, 5.74) is -6.57. The molecule has 17 rings (SSSR count). The van der Waals surface area contributed by atoms with E-state index >= 15 is 35.1 Å². The summed E-state index contributed by atoms with van der Waals surface area (Å²) in [4.78, 5) is 34.7. The first-order valence-electron chi connectivity index (χ1n) is 32.8. The van der Waals surface area contributed by atoms with Gasteiger partial charge in [-0.15, -0.1) is 0 Å². The summed E-state index contributed by atoms with van der Waals surface area (Å²) >= 11 is 1.06. The Morgan fingerprint density at radius 1 is 0.274 bits per heavy atom. The van der Waals surface area contributed by atoms with Crippen molar-refractivity contribution in [2.75, 3.05) is 42.5 Å². The van der Waals surface area contributed by atoms with Crippen molar-refractivity contribution in [2.24, 2.45) is 30.0 Å². The van der Waals surface area contributed by atoms with Crippen molar-refractivity contribution < 1.29 is 56.2 Å². The number of nitrogens with one attached hydrogen (secondary N) is 8. The molecular formula is C80H50F8N16OV. The van der Waals surface area contributed by atoms with Crippen LogP contribution in [0, 0.1) is 46.5 Å². The van der Waals surface area contributed by atoms with E-state index in [1.54, 1.807) is 243 Å². The van der Waals surface area contributed by atoms with Gasteiger partial charge in [-0.25, -0.2) is 40.1 Å². The summed E-state index contributed by atoms with van der Waals surface area (Å²) in [5.74, 6) is -12.4. The van der Waals surface area contributed by atoms with E-state index in [1.165, 1.54) is 0 Å². The first-order chi connectivity index (χ1) is 51.9. The van der Waals surface area contributed by atoms with Gasteiger partial charge >= 0.3 is 21.0 Å². The Morgan fingerprint density at radius 3 is 1.01 bits per heavy atom. The summed E-state index contributed by atoms with van der Waals surface area (Å²) in [6.45, 7) is 0. The molecule has 0 radical (unpaired) electrons. The Balaban J connectivity index is 0.00000427. The number of para-hydroxylation sites is 8. The molecule has 0 amide bonds. The van der Waals surface area contributed by atoms with Gasteiger partial charge in [0, 0.05) is 95.1 Å². The van der Waals surface area contributed by atoms with Crippen LogP contribution in [0.1, 0.15) is 45.7 Å². The molecule has 26 heteroatoms. The zero-order valence-corrected chi connectivity index (χ0v) is 56.1. The predicted molar refractivity (Wildman–Crippen MR) is 392 cm³/mol. The van der Waals surface area contributed by atoms with Crippen molar-refractivity contribution in [3.05, 3.63) is 339 Å². The predicted octanol–water partition coefficient (Wildman–Crippen LogP) is 19.5. The van der Waals surface area contributed by atoms with Crippen LogP contribution in [0.25, 0.3) is 16.1 Å². The molecule has 8 N–H and O–H groups in total. The molecule has 8 bridgehead atoms. The van der Waals surface area contributed by atoms with Crippen LogP contribution in [-0.2, 0) is 21.0 Å². The Bertz CT molecular complexity index is 5900. The molecule has 0 saturated heterocycles. The van der Waals surface area contributed by atoms with E-state index < -0.39 is 172 Å². The third-order valence-corrected chi connectivity index (χ3v) is 17.6. The minimum absolute atomic E-state index is 0.236. The minimum atomic E-state index is -1.92. The van der Waals surface area contributed by atoms with Crippen molar-refractivity contribution >= 4 is 125 Å². The fraction of sp³-hybridized carbons (Fsp3) is 0.0250. The SMILES string of the molecule is Fc1c(Nc2ccccc2)c(F)c2c(c1Nc1ccccc1)C1=N/C2=N\C2[N-]/C(=N\C3N=C(N=c4[n-]c(c5c(F)c(Nc6ccccc6)c(F)c(Nc6ccccc6)c45)=N1)c1c(F)c(Nc4ccccc4)c(F)c(Nc4ccccc4)c13)c1c(F)c(Nc3ccccc3)c(F)c(Nc3ccccc3)c12.[O]=[V+2]. The fourth-order valence-electron chi connectivity index (χ4n) is 12.9. The average molecular weight is 1450 g/mol. The van der Waals surface area contributed by atoms with Crippen LogP contribution in [0.2, 0.25) is 0 Å². The monoisotopic (exact) mass is 1450 g/mol. The van der Waals surface area contributed by atoms with Crippen LogP contribution in [0.5, 0.6) is 0 Å². The van der Waals surface area contributed by atoms with Crippen LogP contribution >= 0.6 is 0 Å². The van der Waals surface area contributed by atoms with Gasteiger partial charge in [-0.05, 0) is 97.1 Å². The molecule has 517 valence electrons. The molecule has 106 heavy (non-hydrogen) atoms. The van der Waals surface area contributed by atoms with Crippen LogP contribution in [0.3, 0.4) is 0 Å². The number of aromatic nitrogens is 1. The molecule has 4 aliphatic rings. The van der Waals surface area contributed by atoms with Crippen LogP contribution in [0.4, 0.5) is 126 Å². The van der Waals surface area contributed by atoms with E-state index in [4.69, 9.17) is 43.9 Å². The van der Waals surface area contributed by atoms with Gasteiger partial charge < -0.3 is 67.8 Å². The van der Waals surface area contributed by atoms with E-state index in [0.717, 1.165) is 17.4 Å². The van der Waals surface area contributed by atoms with Crippen molar-refractivity contribution in [1.82, 2.24) is 4.98 Å². The van der Waals surface area contributed by atoms with E-state index in [9.17, 15) is 0 Å². The van der Waals surface area contributed by atoms with Gasteiger partial charge in [0.1, 0.15) is 22.7 Å². The molecule has 1 aromatic heterocycles. The number of nitrogens with zero attached hydrogens (tertiary/aromatic N) is 8. The fourth-order valence-corrected chi connectivity index (χ4v) is 12.9. The van der Waals surface area contributed by atoms with Crippen molar-refractivity contribution in [3.63, 3.8) is 0 Å². The second-order valence-electron chi connectivity index (χ2n) is 24.2. The molecule has 2 atom stereocenters. The van der Waals surface area contributed by atoms with Gasteiger partial charge in [-0.1, -0.05) is 151 Å². The Morgan fingerprint density at radius 2 is 0.585 bits per heavy atom. The molecule has 2 unspecified atom stereocenters. The first kappa shape index (κ1) is 67.0. The van der Waals surface area contributed by atoms with Gasteiger partial charge in [0.2, 0.25) is 0 Å². The maximum absolute atomic E-state index is 18.8. The van der Waals surface area contributed by atoms with Crippen molar-refractivity contribution in [3.8, 4) is 0 Å². The van der Waals surface area contributed by atoms with Crippen molar-refractivity contribution in [2.45, 2.75) is 12.3 Å². The summed E-state index contributed by atoms with van der Waals surface area (Å²) in [7, 11) is 0. The molecule has 0 fully saturated rings. The molecule has 12 aromatic carbocycles. The molecule has 4 aliphatic heterocycles. The molecule has 0 aliphatic carbocycles. The number of anilines is 16. The van der Waals surface area contributed by atoms with Gasteiger partial charge in [-0.3, -0.25) is 9.98 Å².